The molecule has 56 valence electrons. The van der Waals surface area contributed by atoms with E-state index in [-0.39, 0.29) is 0 Å². The van der Waals surface area contributed by atoms with Crippen LogP contribution in [0.5, 0.6) is 0 Å². The normalized spacial score (nSPS) is 10.6. The molecule has 0 spiro atoms. The van der Waals surface area contributed by atoms with E-state index in [1.165, 1.54) is 0 Å². The molecule has 2 heterocycles. The summed E-state index contributed by atoms with van der Waals surface area (Å²) in [6.45, 7) is 0. The predicted octanol–water partition coefficient (Wildman–Crippen LogP) is 2.48. The van der Waals surface area contributed by atoms with Crippen LogP contribution in [0, 0.1) is 3.57 Å². The van der Waals surface area contributed by atoms with Gasteiger partial charge in [0.1, 0.15) is 5.00 Å². The standard InChI is InChI=1S/C7H5IN2S/c8-5-6-4(11-7(5)9)2-1-3-10-6/h1-3H,9H2. The first kappa shape index (κ1) is 7.30. The predicted molar refractivity (Wildman–Crippen MR) is 56.7 cm³/mol. The first-order valence-corrected chi connectivity index (χ1v) is 4.97. The van der Waals surface area contributed by atoms with Gasteiger partial charge in [-0.3, -0.25) is 4.98 Å². The number of hydrogen-bond donors (Lipinski definition) is 1. The summed E-state index contributed by atoms with van der Waals surface area (Å²) < 4.78 is 2.23. The average molecular weight is 276 g/mol. The molecule has 0 aromatic carbocycles. The first-order valence-electron chi connectivity index (χ1n) is 3.07. The average Bonchev–Trinajstić information content (AvgIpc) is 2.30. The van der Waals surface area contributed by atoms with Gasteiger partial charge in [-0.1, -0.05) is 0 Å². The lowest BCUT2D eigenvalue weighted by atomic mass is 10.4. The maximum atomic E-state index is 5.72. The first-order chi connectivity index (χ1) is 5.29. The SMILES string of the molecule is Nc1sc2cccnc2c1I. The minimum atomic E-state index is 0.860. The monoisotopic (exact) mass is 276 g/mol. The van der Waals surface area contributed by atoms with Gasteiger partial charge in [0.2, 0.25) is 0 Å². The van der Waals surface area contributed by atoms with Crippen molar-refractivity contribution in [3.63, 3.8) is 0 Å². The smallest absolute Gasteiger partial charge is 0.102 e. The fourth-order valence-electron chi connectivity index (χ4n) is 0.918. The molecule has 0 bridgehead atoms. The van der Waals surface area contributed by atoms with Crippen LogP contribution in [0.1, 0.15) is 0 Å². The summed E-state index contributed by atoms with van der Waals surface area (Å²) in [6, 6.07) is 3.96. The van der Waals surface area contributed by atoms with Crippen molar-refractivity contribution >= 4 is 49.1 Å². The molecule has 4 heteroatoms. The number of anilines is 1. The third-order valence-corrected chi connectivity index (χ3v) is 3.85. The van der Waals surface area contributed by atoms with E-state index in [1.54, 1.807) is 17.5 Å². The molecule has 0 unspecified atom stereocenters. The molecule has 0 fully saturated rings. The molecule has 0 saturated heterocycles. The van der Waals surface area contributed by atoms with Gasteiger partial charge in [-0.2, -0.15) is 0 Å². The van der Waals surface area contributed by atoms with E-state index >= 15 is 0 Å². The minimum absolute atomic E-state index is 0.860. The van der Waals surface area contributed by atoms with Crippen LogP contribution in [0.4, 0.5) is 5.00 Å². The van der Waals surface area contributed by atoms with Gasteiger partial charge in [-0.15, -0.1) is 11.3 Å². The van der Waals surface area contributed by atoms with Crippen LogP contribution in [0.15, 0.2) is 18.3 Å². The minimum Gasteiger partial charge on any atom is -0.390 e. The van der Waals surface area contributed by atoms with Crippen molar-refractivity contribution in [1.82, 2.24) is 4.98 Å². The fourth-order valence-corrected chi connectivity index (χ4v) is 2.68. The Morgan fingerprint density at radius 2 is 2.36 bits per heavy atom. The number of aromatic nitrogens is 1. The number of halogens is 1. The van der Waals surface area contributed by atoms with Gasteiger partial charge in [0.25, 0.3) is 0 Å². The van der Waals surface area contributed by atoms with Gasteiger partial charge in [-0.05, 0) is 34.7 Å². The molecule has 0 radical (unpaired) electrons. The van der Waals surface area contributed by atoms with E-state index in [0.29, 0.717) is 0 Å². The number of nitrogen functional groups attached to an aromatic ring is 1. The van der Waals surface area contributed by atoms with Crippen molar-refractivity contribution in [2.45, 2.75) is 0 Å². The fraction of sp³-hybridized carbons (Fsp3) is 0. The number of nitrogens with two attached hydrogens (primary N) is 1. The molecule has 2 aromatic heterocycles. The Balaban J connectivity index is 2.92. The maximum absolute atomic E-state index is 5.72. The van der Waals surface area contributed by atoms with Crippen LogP contribution in [-0.4, -0.2) is 4.98 Å². The van der Waals surface area contributed by atoms with Gasteiger partial charge >= 0.3 is 0 Å². The van der Waals surface area contributed by atoms with E-state index in [1.807, 2.05) is 12.1 Å². The molecule has 0 atom stereocenters. The molecule has 2 nitrogen and oxygen atoms in total. The lowest BCUT2D eigenvalue weighted by Crippen LogP contribution is -1.81. The number of rotatable bonds is 0. The highest BCUT2D eigenvalue weighted by Crippen LogP contribution is 2.32. The molecule has 11 heavy (non-hydrogen) atoms. The number of fused-ring (bicyclic) bond motifs is 1. The van der Waals surface area contributed by atoms with E-state index in [4.69, 9.17) is 5.73 Å². The van der Waals surface area contributed by atoms with Gasteiger partial charge in [0, 0.05) is 6.20 Å². The van der Waals surface area contributed by atoms with Crippen LogP contribution in [0.2, 0.25) is 0 Å². The molecular weight excluding hydrogens is 271 g/mol. The highest BCUT2D eigenvalue weighted by Gasteiger charge is 2.05. The third kappa shape index (κ3) is 1.10. The summed E-state index contributed by atoms with van der Waals surface area (Å²) in [5.74, 6) is 0. The van der Waals surface area contributed by atoms with Crippen LogP contribution in [-0.2, 0) is 0 Å². The van der Waals surface area contributed by atoms with Gasteiger partial charge in [0.15, 0.2) is 0 Å². The topological polar surface area (TPSA) is 38.9 Å². The van der Waals surface area contributed by atoms with E-state index < -0.39 is 0 Å². The van der Waals surface area contributed by atoms with Crippen molar-refractivity contribution in [2.75, 3.05) is 5.73 Å². The Morgan fingerprint density at radius 3 is 3.09 bits per heavy atom. The van der Waals surface area contributed by atoms with Gasteiger partial charge in [-0.25, -0.2) is 0 Å². The van der Waals surface area contributed by atoms with E-state index in [2.05, 4.69) is 27.6 Å². The quantitative estimate of drug-likeness (QED) is 0.751. The zero-order valence-corrected chi connectivity index (χ0v) is 8.52. The number of hydrogen-bond acceptors (Lipinski definition) is 3. The highest BCUT2D eigenvalue weighted by molar-refractivity contribution is 14.1. The lowest BCUT2D eigenvalue weighted by molar-refractivity contribution is 1.42. The highest BCUT2D eigenvalue weighted by atomic mass is 127. The molecular formula is C7H5IN2S. The second-order valence-electron chi connectivity index (χ2n) is 2.13. The molecule has 0 amide bonds. The van der Waals surface area contributed by atoms with Gasteiger partial charge < -0.3 is 5.73 Å². The maximum Gasteiger partial charge on any atom is 0.102 e. The molecule has 2 N–H and O–H groups in total. The summed E-state index contributed by atoms with van der Waals surface area (Å²) in [5, 5.41) is 0.860. The molecule has 0 aliphatic carbocycles. The third-order valence-electron chi connectivity index (χ3n) is 1.41. The summed E-state index contributed by atoms with van der Waals surface area (Å²) in [6.07, 6.45) is 1.79. The summed E-state index contributed by atoms with van der Waals surface area (Å²) >= 11 is 3.81. The number of pyridine rings is 1. The molecule has 0 aliphatic heterocycles. The number of nitrogens with zero attached hydrogens (tertiary/aromatic N) is 1. The summed E-state index contributed by atoms with van der Waals surface area (Å²) in [4.78, 5) is 4.22. The molecule has 0 aliphatic rings. The van der Waals surface area contributed by atoms with Crippen LogP contribution in [0.3, 0.4) is 0 Å². The zero-order valence-electron chi connectivity index (χ0n) is 5.54. The summed E-state index contributed by atoms with van der Waals surface area (Å²) in [5.41, 5.74) is 6.75. The van der Waals surface area contributed by atoms with Crippen molar-refractivity contribution in [3.8, 4) is 0 Å². The second kappa shape index (κ2) is 2.60. The summed E-state index contributed by atoms with van der Waals surface area (Å²) in [7, 11) is 0. The molecule has 0 saturated carbocycles. The Kier molecular flexibility index (Phi) is 1.72. The molecule has 2 aromatic rings. The van der Waals surface area contributed by atoms with Crippen molar-refractivity contribution in [2.24, 2.45) is 0 Å². The van der Waals surface area contributed by atoms with E-state index in [9.17, 15) is 0 Å². The van der Waals surface area contributed by atoms with Crippen LogP contribution in [0.25, 0.3) is 10.2 Å². The van der Waals surface area contributed by atoms with Gasteiger partial charge in [0.05, 0.1) is 13.8 Å². The van der Waals surface area contributed by atoms with E-state index in [0.717, 1.165) is 18.8 Å². The largest absolute Gasteiger partial charge is 0.390 e. The van der Waals surface area contributed by atoms with Crippen molar-refractivity contribution in [1.29, 1.82) is 0 Å². The lowest BCUT2D eigenvalue weighted by Gasteiger charge is -1.85. The Hall–Kier alpha value is -0.360. The Bertz CT molecular complexity index is 396. The van der Waals surface area contributed by atoms with Crippen LogP contribution < -0.4 is 5.73 Å². The van der Waals surface area contributed by atoms with Crippen LogP contribution >= 0.6 is 33.9 Å². The van der Waals surface area contributed by atoms with Crippen molar-refractivity contribution in [3.05, 3.63) is 21.9 Å². The molecule has 2 rings (SSSR count). The Morgan fingerprint density at radius 1 is 1.55 bits per heavy atom. The Labute approximate surface area is 81.6 Å². The zero-order chi connectivity index (χ0) is 7.84. The van der Waals surface area contributed by atoms with Crippen molar-refractivity contribution < 1.29 is 0 Å². The second-order valence-corrected chi connectivity index (χ2v) is 4.29. The number of thiophene rings is 1.